The summed E-state index contributed by atoms with van der Waals surface area (Å²) in [5.41, 5.74) is 0.626. The fraction of sp³-hybridized carbons (Fsp3) is 0.364. The molecule has 1 aromatic rings. The number of nitrogens with zero attached hydrogens (tertiary/aromatic N) is 1. The van der Waals surface area contributed by atoms with Gasteiger partial charge in [-0.2, -0.15) is 0 Å². The van der Waals surface area contributed by atoms with Crippen LogP contribution in [0.4, 0.5) is 0 Å². The van der Waals surface area contributed by atoms with Crippen molar-refractivity contribution >= 4 is 29.9 Å². The van der Waals surface area contributed by atoms with Gasteiger partial charge in [0.1, 0.15) is 0 Å². The average molecular weight is 263 g/mol. The number of amides is 1. The van der Waals surface area contributed by atoms with E-state index in [1.165, 1.54) is 0 Å². The fourth-order valence-electron chi connectivity index (χ4n) is 1.22. The smallest absolute Gasteiger partial charge is 0.253 e. The molecule has 0 aliphatic rings. The van der Waals surface area contributed by atoms with Gasteiger partial charge in [0.15, 0.2) is 0 Å². The molecule has 1 amide bonds. The summed E-state index contributed by atoms with van der Waals surface area (Å²) < 4.78 is 0. The molecule has 0 aliphatic carbocycles. The molecule has 1 aromatic carbocycles. The lowest BCUT2D eigenvalue weighted by Gasteiger charge is -2.16. The zero-order valence-electron chi connectivity index (χ0n) is 9.37. The second-order valence-electron chi connectivity index (χ2n) is 3.34. The van der Waals surface area contributed by atoms with E-state index >= 15 is 0 Å². The molecule has 0 heterocycles. The third-order valence-corrected chi connectivity index (χ3v) is 2.35. The lowest BCUT2D eigenvalue weighted by molar-refractivity contribution is 0.0797. The van der Waals surface area contributed by atoms with Gasteiger partial charge in [-0.3, -0.25) is 4.79 Å². The first kappa shape index (κ1) is 15.2. The van der Waals surface area contributed by atoms with Crippen LogP contribution in [0.3, 0.4) is 0 Å². The maximum Gasteiger partial charge on any atom is 0.253 e. The summed E-state index contributed by atoms with van der Waals surface area (Å²) in [4.78, 5) is 13.5. The first-order chi connectivity index (χ1) is 7.15. The van der Waals surface area contributed by atoms with Crippen molar-refractivity contribution in [3.05, 3.63) is 34.9 Å². The molecular formula is C11H16Cl2N2O. The minimum atomic E-state index is -0.00671. The summed E-state index contributed by atoms with van der Waals surface area (Å²) in [6.07, 6.45) is 0. The third-order valence-electron chi connectivity index (χ3n) is 2.12. The average Bonchev–Trinajstić information content (AvgIpc) is 2.24. The molecule has 90 valence electrons. The molecule has 0 spiro atoms. The predicted molar refractivity (Wildman–Crippen MR) is 69.6 cm³/mol. The number of likely N-dealkylation sites (N-methyl/N-ethyl adjacent to an activating group) is 2. The van der Waals surface area contributed by atoms with Crippen molar-refractivity contribution in [3.63, 3.8) is 0 Å². The molecule has 3 nitrogen and oxygen atoms in total. The Kier molecular flexibility index (Phi) is 7.13. The second-order valence-corrected chi connectivity index (χ2v) is 3.78. The summed E-state index contributed by atoms with van der Waals surface area (Å²) in [6, 6.07) is 6.98. The summed E-state index contributed by atoms with van der Waals surface area (Å²) >= 11 is 5.81. The SMILES string of the molecule is CNCCN(C)C(=O)c1cccc(Cl)c1.Cl. The molecule has 0 radical (unpaired) electrons. The zero-order chi connectivity index (χ0) is 11.3. The Balaban J connectivity index is 0.00000225. The highest BCUT2D eigenvalue weighted by atomic mass is 35.5. The van der Waals surface area contributed by atoms with Gasteiger partial charge in [-0.15, -0.1) is 12.4 Å². The molecule has 16 heavy (non-hydrogen) atoms. The van der Waals surface area contributed by atoms with Crippen LogP contribution < -0.4 is 5.32 Å². The third kappa shape index (κ3) is 4.39. The topological polar surface area (TPSA) is 32.3 Å². The van der Waals surface area contributed by atoms with Gasteiger partial charge in [0, 0.05) is 30.7 Å². The van der Waals surface area contributed by atoms with Crippen LogP contribution in [-0.4, -0.2) is 38.0 Å². The number of halogens is 2. The van der Waals surface area contributed by atoms with Gasteiger partial charge in [-0.05, 0) is 25.2 Å². The highest BCUT2D eigenvalue weighted by molar-refractivity contribution is 6.30. The van der Waals surface area contributed by atoms with Gasteiger partial charge in [0.25, 0.3) is 5.91 Å². The Morgan fingerprint density at radius 3 is 2.75 bits per heavy atom. The highest BCUT2D eigenvalue weighted by Gasteiger charge is 2.10. The number of carbonyl (C=O) groups excluding carboxylic acids is 1. The van der Waals surface area contributed by atoms with Crippen molar-refractivity contribution in [2.24, 2.45) is 0 Å². The Hall–Kier alpha value is -0.770. The maximum absolute atomic E-state index is 11.8. The lowest BCUT2D eigenvalue weighted by Crippen LogP contribution is -2.32. The van der Waals surface area contributed by atoms with Crippen molar-refractivity contribution in [2.75, 3.05) is 27.2 Å². The fourth-order valence-corrected chi connectivity index (χ4v) is 1.41. The highest BCUT2D eigenvalue weighted by Crippen LogP contribution is 2.11. The van der Waals surface area contributed by atoms with E-state index in [0.717, 1.165) is 6.54 Å². The molecule has 1 N–H and O–H groups in total. The van der Waals surface area contributed by atoms with Gasteiger partial charge in [0.05, 0.1) is 0 Å². The van der Waals surface area contributed by atoms with E-state index in [0.29, 0.717) is 17.1 Å². The van der Waals surface area contributed by atoms with Crippen molar-refractivity contribution in [2.45, 2.75) is 0 Å². The van der Waals surface area contributed by atoms with Gasteiger partial charge < -0.3 is 10.2 Å². The minimum Gasteiger partial charge on any atom is -0.340 e. The standard InChI is InChI=1S/C11H15ClN2O.ClH/c1-13-6-7-14(2)11(15)9-4-3-5-10(12)8-9;/h3-5,8,13H,6-7H2,1-2H3;1H. The van der Waals surface area contributed by atoms with Crippen LogP contribution in [0.1, 0.15) is 10.4 Å². The molecule has 0 bridgehead atoms. The van der Waals surface area contributed by atoms with Crippen LogP contribution in [0, 0.1) is 0 Å². The minimum absolute atomic E-state index is 0. The van der Waals surface area contributed by atoms with Crippen molar-refractivity contribution in [1.29, 1.82) is 0 Å². The van der Waals surface area contributed by atoms with Crippen LogP contribution >= 0.6 is 24.0 Å². The molecule has 0 saturated heterocycles. The van der Waals surface area contributed by atoms with Crippen LogP contribution in [-0.2, 0) is 0 Å². The van der Waals surface area contributed by atoms with E-state index in [1.54, 1.807) is 36.2 Å². The van der Waals surface area contributed by atoms with Gasteiger partial charge in [-0.1, -0.05) is 17.7 Å². The molecule has 5 heteroatoms. The lowest BCUT2D eigenvalue weighted by atomic mass is 10.2. The summed E-state index contributed by atoms with van der Waals surface area (Å²) in [6.45, 7) is 1.46. The van der Waals surface area contributed by atoms with E-state index in [9.17, 15) is 4.79 Å². The molecule has 0 fully saturated rings. The van der Waals surface area contributed by atoms with Gasteiger partial charge in [-0.25, -0.2) is 0 Å². The van der Waals surface area contributed by atoms with Crippen LogP contribution in [0.15, 0.2) is 24.3 Å². The first-order valence-corrected chi connectivity index (χ1v) is 5.18. The zero-order valence-corrected chi connectivity index (χ0v) is 10.9. The van der Waals surface area contributed by atoms with Crippen LogP contribution in [0.2, 0.25) is 5.02 Å². The molecule has 1 rings (SSSR count). The summed E-state index contributed by atoms with van der Waals surface area (Å²) in [5.74, 6) is -0.00671. The largest absolute Gasteiger partial charge is 0.340 e. The molecule has 0 aliphatic heterocycles. The molecule has 0 aromatic heterocycles. The Labute approximate surface area is 107 Å². The van der Waals surface area contributed by atoms with Crippen molar-refractivity contribution in [1.82, 2.24) is 10.2 Å². The van der Waals surface area contributed by atoms with Gasteiger partial charge >= 0.3 is 0 Å². The number of carbonyl (C=O) groups is 1. The van der Waals surface area contributed by atoms with Crippen LogP contribution in [0.25, 0.3) is 0 Å². The number of hydrogen-bond donors (Lipinski definition) is 1. The van der Waals surface area contributed by atoms with Crippen molar-refractivity contribution < 1.29 is 4.79 Å². The number of rotatable bonds is 4. The Morgan fingerprint density at radius 1 is 1.50 bits per heavy atom. The van der Waals surface area contributed by atoms with E-state index < -0.39 is 0 Å². The summed E-state index contributed by atoms with van der Waals surface area (Å²) in [5, 5.41) is 3.58. The molecule has 0 atom stereocenters. The number of hydrogen-bond acceptors (Lipinski definition) is 2. The predicted octanol–water partition coefficient (Wildman–Crippen LogP) is 2.05. The quantitative estimate of drug-likeness (QED) is 0.901. The van der Waals surface area contributed by atoms with Gasteiger partial charge in [0.2, 0.25) is 0 Å². The normalized spacial score (nSPS) is 9.44. The number of benzene rings is 1. The number of nitrogens with one attached hydrogen (secondary N) is 1. The molecular weight excluding hydrogens is 247 g/mol. The van der Waals surface area contributed by atoms with Crippen LogP contribution in [0.5, 0.6) is 0 Å². The van der Waals surface area contributed by atoms with E-state index in [2.05, 4.69) is 5.32 Å². The molecule has 0 unspecified atom stereocenters. The first-order valence-electron chi connectivity index (χ1n) is 4.81. The second kappa shape index (κ2) is 7.49. The Morgan fingerprint density at radius 2 is 2.19 bits per heavy atom. The Bertz CT molecular complexity index is 345. The summed E-state index contributed by atoms with van der Waals surface area (Å²) in [7, 11) is 3.64. The van der Waals surface area contributed by atoms with E-state index in [1.807, 2.05) is 7.05 Å². The van der Waals surface area contributed by atoms with E-state index in [-0.39, 0.29) is 18.3 Å². The monoisotopic (exact) mass is 262 g/mol. The maximum atomic E-state index is 11.8. The van der Waals surface area contributed by atoms with Crippen molar-refractivity contribution in [3.8, 4) is 0 Å². The molecule has 0 saturated carbocycles. The van der Waals surface area contributed by atoms with E-state index in [4.69, 9.17) is 11.6 Å².